The minimum absolute atomic E-state index is 0.709. The summed E-state index contributed by atoms with van der Waals surface area (Å²) in [5.41, 5.74) is 1.36. The van der Waals surface area contributed by atoms with Crippen molar-refractivity contribution in [3.8, 4) is 0 Å². The number of allylic oxidation sites excluding steroid dienone is 1. The smallest absolute Gasteiger partial charge is 0.00953 e. The molecule has 0 bridgehead atoms. The fraction of sp³-hybridized carbons (Fsp3) is 0.818. The monoisotopic (exact) mass is 167 g/mol. The minimum Gasteiger partial charge on any atom is -0.317 e. The van der Waals surface area contributed by atoms with Gasteiger partial charge in [0.1, 0.15) is 0 Å². The first-order valence-electron chi connectivity index (χ1n) is 4.97. The molecule has 1 fully saturated rings. The molecule has 0 heterocycles. The lowest BCUT2D eigenvalue weighted by Crippen LogP contribution is -2.37. The molecular formula is C11H21N. The second kappa shape index (κ2) is 4.08. The third-order valence-electron chi connectivity index (χ3n) is 3.26. The van der Waals surface area contributed by atoms with Gasteiger partial charge in [-0.25, -0.2) is 0 Å². The first-order valence-corrected chi connectivity index (χ1v) is 4.97. The summed E-state index contributed by atoms with van der Waals surface area (Å²) < 4.78 is 0. The van der Waals surface area contributed by atoms with Crippen LogP contribution < -0.4 is 5.32 Å². The molecule has 70 valence electrons. The maximum Gasteiger partial charge on any atom is 0.00953 e. The molecule has 0 radical (unpaired) electrons. The highest BCUT2D eigenvalue weighted by molar-refractivity contribution is 5.00. The summed E-state index contributed by atoms with van der Waals surface area (Å²) in [6.07, 6.45) is 3.98. The van der Waals surface area contributed by atoms with Crippen LogP contribution in [-0.4, -0.2) is 13.1 Å². The Morgan fingerprint density at radius 3 is 2.58 bits per heavy atom. The zero-order valence-corrected chi connectivity index (χ0v) is 8.56. The molecule has 3 atom stereocenters. The van der Waals surface area contributed by atoms with Crippen molar-refractivity contribution in [2.75, 3.05) is 7.05 Å². The van der Waals surface area contributed by atoms with Crippen molar-refractivity contribution in [2.45, 2.75) is 39.2 Å². The maximum atomic E-state index is 4.04. The Labute approximate surface area is 76.2 Å². The molecule has 0 amide bonds. The van der Waals surface area contributed by atoms with Crippen molar-refractivity contribution in [2.24, 2.45) is 11.8 Å². The predicted octanol–water partition coefficient (Wildman–Crippen LogP) is 2.59. The second-order valence-electron chi connectivity index (χ2n) is 4.23. The zero-order valence-electron chi connectivity index (χ0n) is 8.56. The molecule has 0 aliphatic heterocycles. The first-order chi connectivity index (χ1) is 5.65. The van der Waals surface area contributed by atoms with Gasteiger partial charge in [0, 0.05) is 6.04 Å². The van der Waals surface area contributed by atoms with Gasteiger partial charge < -0.3 is 5.32 Å². The predicted molar refractivity (Wildman–Crippen MR) is 54.2 cm³/mol. The summed E-state index contributed by atoms with van der Waals surface area (Å²) in [5.74, 6) is 1.60. The summed E-state index contributed by atoms with van der Waals surface area (Å²) in [6, 6.07) is 0.709. The van der Waals surface area contributed by atoms with Crippen LogP contribution >= 0.6 is 0 Å². The van der Waals surface area contributed by atoms with E-state index in [1.807, 2.05) is 0 Å². The van der Waals surface area contributed by atoms with Gasteiger partial charge in [-0.2, -0.15) is 0 Å². The number of nitrogens with one attached hydrogen (secondary N) is 1. The molecule has 1 nitrogen and oxygen atoms in total. The average molecular weight is 167 g/mol. The highest BCUT2D eigenvalue weighted by Gasteiger charge is 2.26. The molecule has 0 spiro atoms. The summed E-state index contributed by atoms with van der Waals surface area (Å²) in [4.78, 5) is 0. The van der Waals surface area contributed by atoms with E-state index in [0.29, 0.717) is 6.04 Å². The SMILES string of the molecule is C=C(C)[C@H]1CCC(C)C(NC)C1. The first kappa shape index (κ1) is 9.79. The van der Waals surface area contributed by atoms with Crippen molar-refractivity contribution in [1.29, 1.82) is 0 Å². The van der Waals surface area contributed by atoms with Crippen molar-refractivity contribution in [3.05, 3.63) is 12.2 Å². The van der Waals surface area contributed by atoms with Gasteiger partial charge in [-0.1, -0.05) is 19.1 Å². The Morgan fingerprint density at radius 2 is 2.08 bits per heavy atom. The largest absolute Gasteiger partial charge is 0.317 e. The Kier molecular flexibility index (Phi) is 3.33. The number of hydrogen-bond donors (Lipinski definition) is 1. The van der Waals surface area contributed by atoms with Gasteiger partial charge in [-0.05, 0) is 45.1 Å². The van der Waals surface area contributed by atoms with Crippen molar-refractivity contribution in [3.63, 3.8) is 0 Å². The van der Waals surface area contributed by atoms with Crippen LogP contribution in [0.15, 0.2) is 12.2 Å². The summed E-state index contributed by atoms with van der Waals surface area (Å²) in [7, 11) is 2.07. The zero-order chi connectivity index (χ0) is 9.14. The molecule has 1 rings (SSSR count). The molecule has 12 heavy (non-hydrogen) atoms. The summed E-state index contributed by atoms with van der Waals surface area (Å²) in [5, 5.41) is 3.40. The standard InChI is InChI=1S/C11H21N/c1-8(2)10-6-5-9(3)11(7-10)12-4/h9-12H,1,5-7H2,2-4H3/t9?,10-,11?/m0/s1. The van der Waals surface area contributed by atoms with Crippen LogP contribution in [-0.2, 0) is 0 Å². The lowest BCUT2D eigenvalue weighted by atomic mass is 9.77. The van der Waals surface area contributed by atoms with E-state index in [1.165, 1.54) is 24.8 Å². The highest BCUT2D eigenvalue weighted by Crippen LogP contribution is 2.32. The topological polar surface area (TPSA) is 12.0 Å². The van der Waals surface area contributed by atoms with Gasteiger partial charge in [0.05, 0.1) is 0 Å². The summed E-state index contributed by atoms with van der Waals surface area (Å²) >= 11 is 0. The van der Waals surface area contributed by atoms with Crippen LogP contribution in [0.5, 0.6) is 0 Å². The third-order valence-corrected chi connectivity index (χ3v) is 3.26. The molecule has 1 saturated carbocycles. The van der Waals surface area contributed by atoms with Crippen molar-refractivity contribution in [1.82, 2.24) is 5.32 Å². The molecule has 1 aliphatic carbocycles. The molecule has 0 aromatic carbocycles. The molecule has 0 aromatic rings. The fourth-order valence-corrected chi connectivity index (χ4v) is 2.17. The Morgan fingerprint density at radius 1 is 1.42 bits per heavy atom. The lowest BCUT2D eigenvalue weighted by Gasteiger charge is -2.34. The number of hydrogen-bond acceptors (Lipinski definition) is 1. The van der Waals surface area contributed by atoms with E-state index in [9.17, 15) is 0 Å². The van der Waals surface area contributed by atoms with Gasteiger partial charge in [0.2, 0.25) is 0 Å². The van der Waals surface area contributed by atoms with Crippen molar-refractivity contribution >= 4 is 0 Å². The van der Waals surface area contributed by atoms with E-state index in [1.54, 1.807) is 0 Å². The average Bonchev–Trinajstić information content (AvgIpc) is 2.05. The molecule has 1 aliphatic rings. The molecular weight excluding hydrogens is 146 g/mol. The van der Waals surface area contributed by atoms with Crippen LogP contribution in [0.4, 0.5) is 0 Å². The van der Waals surface area contributed by atoms with E-state index >= 15 is 0 Å². The van der Waals surface area contributed by atoms with Gasteiger partial charge >= 0.3 is 0 Å². The van der Waals surface area contributed by atoms with Crippen LogP contribution in [0.3, 0.4) is 0 Å². The molecule has 2 unspecified atom stereocenters. The molecule has 1 heteroatoms. The molecule has 1 N–H and O–H groups in total. The quantitative estimate of drug-likeness (QED) is 0.623. The highest BCUT2D eigenvalue weighted by atomic mass is 14.9. The Hall–Kier alpha value is -0.300. The van der Waals surface area contributed by atoms with Crippen molar-refractivity contribution < 1.29 is 0 Å². The maximum absolute atomic E-state index is 4.04. The minimum atomic E-state index is 0.709. The normalized spacial score (nSPS) is 36.4. The third kappa shape index (κ3) is 2.10. The van der Waals surface area contributed by atoms with E-state index in [4.69, 9.17) is 0 Å². The Balaban J connectivity index is 2.49. The van der Waals surface area contributed by atoms with Gasteiger partial charge in [0.25, 0.3) is 0 Å². The van der Waals surface area contributed by atoms with Gasteiger partial charge in [-0.15, -0.1) is 0 Å². The van der Waals surface area contributed by atoms with Crippen LogP contribution in [0.1, 0.15) is 33.1 Å². The molecule has 0 saturated heterocycles. The molecule has 0 aromatic heterocycles. The summed E-state index contributed by atoms with van der Waals surface area (Å²) in [6.45, 7) is 8.55. The van der Waals surface area contributed by atoms with Gasteiger partial charge in [-0.3, -0.25) is 0 Å². The van der Waals surface area contributed by atoms with Gasteiger partial charge in [0.15, 0.2) is 0 Å². The van der Waals surface area contributed by atoms with E-state index in [-0.39, 0.29) is 0 Å². The fourth-order valence-electron chi connectivity index (χ4n) is 2.17. The number of rotatable bonds is 2. The van der Waals surface area contributed by atoms with E-state index in [2.05, 4.69) is 32.8 Å². The van der Waals surface area contributed by atoms with E-state index < -0.39 is 0 Å². The van der Waals surface area contributed by atoms with Crippen LogP contribution in [0.25, 0.3) is 0 Å². The second-order valence-corrected chi connectivity index (χ2v) is 4.23. The van der Waals surface area contributed by atoms with Crippen LogP contribution in [0.2, 0.25) is 0 Å². The van der Waals surface area contributed by atoms with E-state index in [0.717, 1.165) is 11.8 Å². The van der Waals surface area contributed by atoms with Crippen LogP contribution in [0, 0.1) is 11.8 Å². The lowest BCUT2D eigenvalue weighted by molar-refractivity contribution is 0.248. The Bertz CT molecular complexity index is 162.